The van der Waals surface area contributed by atoms with Gasteiger partial charge in [0, 0.05) is 11.8 Å². The maximum atomic E-state index is 12.8. The summed E-state index contributed by atoms with van der Waals surface area (Å²) in [4.78, 5) is 7.88. The van der Waals surface area contributed by atoms with E-state index in [0.717, 1.165) is 18.2 Å². The third kappa shape index (κ3) is 3.62. The molecule has 10 heteroatoms. The van der Waals surface area contributed by atoms with E-state index in [-0.39, 0.29) is 22.8 Å². The molecule has 0 bridgehead atoms. The van der Waals surface area contributed by atoms with Crippen molar-refractivity contribution in [3.05, 3.63) is 53.9 Å². The molecule has 0 radical (unpaired) electrons. The van der Waals surface area contributed by atoms with Crippen molar-refractivity contribution in [2.24, 2.45) is 0 Å². The molecule has 0 aliphatic carbocycles. The van der Waals surface area contributed by atoms with Crippen molar-refractivity contribution in [3.63, 3.8) is 0 Å². The van der Waals surface area contributed by atoms with Crippen LogP contribution in [0.1, 0.15) is 11.3 Å². The maximum absolute atomic E-state index is 12.8. The minimum atomic E-state index is -4.60. The van der Waals surface area contributed by atoms with Gasteiger partial charge >= 0.3 is 12.4 Å². The second-order valence-electron chi connectivity index (χ2n) is 5.01. The lowest BCUT2D eigenvalue weighted by molar-refractivity contribution is -0.141. The van der Waals surface area contributed by atoms with Crippen molar-refractivity contribution in [2.45, 2.75) is 12.4 Å². The van der Waals surface area contributed by atoms with Crippen LogP contribution in [0.5, 0.6) is 0 Å². The van der Waals surface area contributed by atoms with Gasteiger partial charge in [-0.3, -0.25) is 5.10 Å². The number of hydrogen-bond donors (Lipinski definition) is 1. The molecule has 2 heterocycles. The van der Waals surface area contributed by atoms with Gasteiger partial charge in [0.25, 0.3) is 0 Å². The molecule has 1 N–H and O–H groups in total. The summed E-state index contributed by atoms with van der Waals surface area (Å²) in [7, 11) is 0. The predicted molar refractivity (Wildman–Crippen MR) is 75.1 cm³/mol. The highest BCUT2D eigenvalue weighted by atomic mass is 19.4. The Morgan fingerprint density at radius 2 is 1.60 bits per heavy atom. The number of nitrogens with zero attached hydrogens (tertiary/aromatic N) is 3. The van der Waals surface area contributed by atoms with Crippen LogP contribution in [-0.2, 0) is 12.4 Å². The van der Waals surface area contributed by atoms with Crippen LogP contribution in [0.2, 0.25) is 0 Å². The summed E-state index contributed by atoms with van der Waals surface area (Å²) in [6.45, 7) is 0. The number of hydrogen-bond acceptors (Lipinski definition) is 3. The van der Waals surface area contributed by atoms with E-state index in [0.29, 0.717) is 0 Å². The van der Waals surface area contributed by atoms with E-state index < -0.39 is 23.6 Å². The Labute approximate surface area is 136 Å². The van der Waals surface area contributed by atoms with E-state index in [4.69, 9.17) is 0 Å². The molecule has 0 spiro atoms. The first-order valence-corrected chi connectivity index (χ1v) is 6.78. The smallest absolute Gasteiger partial charge is 0.273 e. The molecule has 2 aromatic heterocycles. The topological polar surface area (TPSA) is 54.5 Å². The summed E-state index contributed by atoms with van der Waals surface area (Å²) < 4.78 is 76.2. The van der Waals surface area contributed by atoms with Gasteiger partial charge in [0.2, 0.25) is 0 Å². The first-order chi connectivity index (χ1) is 11.6. The lowest BCUT2D eigenvalue weighted by Crippen LogP contribution is -2.05. The largest absolute Gasteiger partial charge is 0.432 e. The molecule has 25 heavy (non-hydrogen) atoms. The van der Waals surface area contributed by atoms with Crippen molar-refractivity contribution < 1.29 is 26.3 Å². The fourth-order valence-electron chi connectivity index (χ4n) is 2.07. The van der Waals surface area contributed by atoms with E-state index >= 15 is 0 Å². The van der Waals surface area contributed by atoms with Crippen LogP contribution >= 0.6 is 0 Å². The standard InChI is InChI=1S/C15H8F6N4/c16-14(17,18)9-3-1-2-8(6-9)13-22-5-4-10(23-13)11-7-12(25-24-11)15(19,20)21/h1-7H,(H,24,25). The van der Waals surface area contributed by atoms with Gasteiger partial charge in [-0.2, -0.15) is 31.4 Å². The number of benzene rings is 1. The number of aromatic nitrogens is 4. The Balaban J connectivity index is 1.99. The molecular weight excluding hydrogens is 350 g/mol. The number of rotatable bonds is 2. The van der Waals surface area contributed by atoms with Crippen LogP contribution in [0, 0.1) is 0 Å². The molecule has 0 saturated carbocycles. The first-order valence-electron chi connectivity index (χ1n) is 6.78. The second kappa shape index (κ2) is 5.87. The number of aromatic amines is 1. The average molecular weight is 358 g/mol. The molecule has 130 valence electrons. The third-order valence-electron chi connectivity index (χ3n) is 3.25. The lowest BCUT2D eigenvalue weighted by atomic mass is 10.1. The summed E-state index contributed by atoms with van der Waals surface area (Å²) in [5.74, 6) is -0.0554. The molecule has 0 amide bonds. The van der Waals surface area contributed by atoms with Crippen molar-refractivity contribution in [3.8, 4) is 22.8 Å². The molecule has 0 saturated heterocycles. The zero-order chi connectivity index (χ0) is 18.2. The maximum Gasteiger partial charge on any atom is 0.432 e. The zero-order valence-electron chi connectivity index (χ0n) is 12.2. The molecule has 0 aliphatic rings. The van der Waals surface area contributed by atoms with Crippen molar-refractivity contribution in [1.29, 1.82) is 0 Å². The van der Waals surface area contributed by atoms with E-state index in [1.807, 2.05) is 5.10 Å². The minimum absolute atomic E-state index is 0.0501. The average Bonchev–Trinajstić information content (AvgIpc) is 3.05. The highest BCUT2D eigenvalue weighted by Crippen LogP contribution is 2.32. The fourth-order valence-corrected chi connectivity index (χ4v) is 2.07. The molecule has 1 aromatic carbocycles. The van der Waals surface area contributed by atoms with Crippen LogP contribution in [0.3, 0.4) is 0 Å². The van der Waals surface area contributed by atoms with Crippen molar-refractivity contribution in [2.75, 3.05) is 0 Å². The van der Waals surface area contributed by atoms with Gasteiger partial charge in [0.15, 0.2) is 5.82 Å². The molecule has 4 nitrogen and oxygen atoms in total. The number of alkyl halides is 6. The second-order valence-corrected chi connectivity index (χ2v) is 5.01. The van der Waals surface area contributed by atoms with Gasteiger partial charge in [-0.05, 0) is 24.3 Å². The van der Waals surface area contributed by atoms with Crippen LogP contribution in [0.4, 0.5) is 26.3 Å². The molecular formula is C15H8F6N4. The normalized spacial score (nSPS) is 12.4. The third-order valence-corrected chi connectivity index (χ3v) is 3.25. The summed E-state index contributed by atoms with van der Waals surface area (Å²) in [5.41, 5.74) is -1.89. The van der Waals surface area contributed by atoms with Gasteiger partial charge in [-0.15, -0.1) is 0 Å². The van der Waals surface area contributed by atoms with Crippen LogP contribution in [0.15, 0.2) is 42.6 Å². The van der Waals surface area contributed by atoms with Gasteiger partial charge in [-0.1, -0.05) is 12.1 Å². The van der Waals surface area contributed by atoms with E-state index in [1.54, 1.807) is 0 Å². The highest BCUT2D eigenvalue weighted by Gasteiger charge is 2.33. The Kier molecular flexibility index (Phi) is 3.97. The molecule has 0 atom stereocenters. The Morgan fingerprint density at radius 3 is 2.24 bits per heavy atom. The molecule has 3 aromatic rings. The van der Waals surface area contributed by atoms with Crippen molar-refractivity contribution in [1.82, 2.24) is 20.2 Å². The Hall–Kier alpha value is -2.91. The highest BCUT2D eigenvalue weighted by molar-refractivity contribution is 5.61. The molecule has 0 unspecified atom stereocenters. The summed E-state index contributed by atoms with van der Waals surface area (Å²) in [5, 5.41) is 5.38. The van der Waals surface area contributed by atoms with Gasteiger partial charge in [0.1, 0.15) is 11.4 Å². The summed E-state index contributed by atoms with van der Waals surface area (Å²) >= 11 is 0. The van der Waals surface area contributed by atoms with E-state index in [2.05, 4.69) is 15.1 Å². The Morgan fingerprint density at radius 1 is 0.840 bits per heavy atom. The van der Waals surface area contributed by atoms with Crippen molar-refractivity contribution >= 4 is 0 Å². The van der Waals surface area contributed by atoms with Gasteiger partial charge in [0.05, 0.1) is 11.3 Å². The first kappa shape index (κ1) is 16.9. The number of halogens is 6. The lowest BCUT2D eigenvalue weighted by Gasteiger charge is -2.08. The number of H-pyrrole nitrogens is 1. The predicted octanol–water partition coefficient (Wildman–Crippen LogP) is 4.57. The molecule has 0 aliphatic heterocycles. The SMILES string of the molecule is FC(F)(F)c1cccc(-c2nccc(-c3cc(C(F)(F)F)[nH]n3)n2)c1. The fraction of sp³-hybridized carbons (Fsp3) is 0.133. The molecule has 3 rings (SSSR count). The van der Waals surface area contributed by atoms with Crippen LogP contribution < -0.4 is 0 Å². The monoisotopic (exact) mass is 358 g/mol. The minimum Gasteiger partial charge on any atom is -0.273 e. The molecule has 0 fully saturated rings. The Bertz CT molecular complexity index is 897. The quantitative estimate of drug-likeness (QED) is 0.683. The van der Waals surface area contributed by atoms with Crippen LogP contribution in [0.25, 0.3) is 22.8 Å². The van der Waals surface area contributed by atoms with Gasteiger partial charge in [-0.25, -0.2) is 9.97 Å². The summed E-state index contributed by atoms with van der Waals surface area (Å²) in [6.07, 6.45) is -7.89. The number of nitrogens with one attached hydrogen (secondary N) is 1. The van der Waals surface area contributed by atoms with E-state index in [9.17, 15) is 26.3 Å². The van der Waals surface area contributed by atoms with Crippen LogP contribution in [-0.4, -0.2) is 20.2 Å². The summed E-state index contributed by atoms with van der Waals surface area (Å²) in [6, 6.07) is 6.41. The zero-order valence-corrected chi connectivity index (χ0v) is 12.2. The van der Waals surface area contributed by atoms with Gasteiger partial charge < -0.3 is 0 Å². The van der Waals surface area contributed by atoms with E-state index in [1.165, 1.54) is 24.4 Å².